The van der Waals surface area contributed by atoms with E-state index in [2.05, 4.69) is 23.8 Å². The monoisotopic (exact) mass is 361 g/mol. The molecule has 4 rings (SSSR count). The van der Waals surface area contributed by atoms with Gasteiger partial charge in [-0.3, -0.25) is 9.78 Å². The first-order chi connectivity index (χ1) is 13.0. The van der Waals surface area contributed by atoms with Crippen molar-refractivity contribution in [1.82, 2.24) is 14.9 Å². The smallest absolute Gasteiger partial charge is 0.256 e. The third-order valence-corrected chi connectivity index (χ3v) is 4.96. The second kappa shape index (κ2) is 6.99. The SMILES string of the molecule is Cc1nccc(-c2ccccc2)c1C(=O)N1CCc2oc(C(C)C)nc2C1. The summed E-state index contributed by atoms with van der Waals surface area (Å²) in [5.74, 6) is 1.90. The molecule has 2 aromatic heterocycles. The Morgan fingerprint density at radius 1 is 1.19 bits per heavy atom. The average Bonchev–Trinajstić information content (AvgIpc) is 3.12. The molecular weight excluding hydrogens is 338 g/mol. The van der Waals surface area contributed by atoms with Crippen molar-refractivity contribution in [2.45, 2.75) is 39.7 Å². The topological polar surface area (TPSA) is 59.2 Å². The summed E-state index contributed by atoms with van der Waals surface area (Å²) in [4.78, 5) is 24.2. The summed E-state index contributed by atoms with van der Waals surface area (Å²) < 4.78 is 5.86. The lowest BCUT2D eigenvalue weighted by Gasteiger charge is -2.26. The van der Waals surface area contributed by atoms with Gasteiger partial charge in [-0.25, -0.2) is 4.98 Å². The number of aromatic nitrogens is 2. The number of fused-ring (bicyclic) bond motifs is 1. The molecule has 0 bridgehead atoms. The number of pyridine rings is 1. The number of hydrogen-bond acceptors (Lipinski definition) is 4. The second-order valence-electron chi connectivity index (χ2n) is 7.24. The van der Waals surface area contributed by atoms with Crippen LogP contribution in [-0.2, 0) is 13.0 Å². The predicted octanol–water partition coefficient (Wildman–Crippen LogP) is 4.37. The fourth-order valence-corrected chi connectivity index (χ4v) is 3.49. The summed E-state index contributed by atoms with van der Waals surface area (Å²) in [7, 11) is 0. The van der Waals surface area contributed by atoms with Crippen molar-refractivity contribution in [2.75, 3.05) is 6.54 Å². The molecule has 0 saturated carbocycles. The maximum Gasteiger partial charge on any atom is 0.256 e. The molecule has 1 aliphatic rings. The lowest BCUT2D eigenvalue weighted by Crippen LogP contribution is -2.36. The molecule has 0 saturated heterocycles. The van der Waals surface area contributed by atoms with Crippen molar-refractivity contribution < 1.29 is 9.21 Å². The number of benzene rings is 1. The zero-order chi connectivity index (χ0) is 19.0. The molecule has 3 aromatic rings. The summed E-state index contributed by atoms with van der Waals surface area (Å²) in [6.07, 6.45) is 2.45. The number of amides is 1. The Balaban J connectivity index is 1.68. The summed E-state index contributed by atoms with van der Waals surface area (Å²) in [5, 5.41) is 0. The van der Waals surface area contributed by atoms with E-state index in [0.717, 1.165) is 34.2 Å². The van der Waals surface area contributed by atoms with Crippen LogP contribution in [0.3, 0.4) is 0 Å². The van der Waals surface area contributed by atoms with Crippen LogP contribution in [0.2, 0.25) is 0 Å². The van der Waals surface area contributed by atoms with Crippen LogP contribution >= 0.6 is 0 Å². The maximum atomic E-state index is 13.4. The van der Waals surface area contributed by atoms with Crippen molar-refractivity contribution in [3.8, 4) is 11.1 Å². The molecule has 0 aliphatic carbocycles. The maximum absolute atomic E-state index is 13.4. The Morgan fingerprint density at radius 2 is 1.96 bits per heavy atom. The molecule has 5 nitrogen and oxygen atoms in total. The van der Waals surface area contributed by atoms with E-state index in [0.29, 0.717) is 25.1 Å². The van der Waals surface area contributed by atoms with Crippen molar-refractivity contribution >= 4 is 5.91 Å². The lowest BCUT2D eigenvalue weighted by molar-refractivity contribution is 0.0727. The van der Waals surface area contributed by atoms with Gasteiger partial charge in [0.2, 0.25) is 0 Å². The van der Waals surface area contributed by atoms with Crippen LogP contribution in [0.25, 0.3) is 11.1 Å². The molecule has 3 heterocycles. The minimum atomic E-state index is -0.000741. The van der Waals surface area contributed by atoms with Crippen LogP contribution < -0.4 is 0 Å². The van der Waals surface area contributed by atoms with Gasteiger partial charge in [-0.15, -0.1) is 0 Å². The number of rotatable bonds is 3. The van der Waals surface area contributed by atoms with E-state index in [-0.39, 0.29) is 11.8 Å². The minimum absolute atomic E-state index is 0.000741. The fraction of sp³-hybridized carbons (Fsp3) is 0.318. The second-order valence-corrected chi connectivity index (χ2v) is 7.24. The Kier molecular flexibility index (Phi) is 4.52. The molecular formula is C22H23N3O2. The average molecular weight is 361 g/mol. The van der Waals surface area contributed by atoms with Crippen LogP contribution in [0.15, 0.2) is 47.0 Å². The Morgan fingerprint density at radius 3 is 2.70 bits per heavy atom. The number of carbonyl (C=O) groups excluding carboxylic acids is 1. The molecule has 0 spiro atoms. The number of aryl methyl sites for hydroxylation is 1. The lowest BCUT2D eigenvalue weighted by atomic mass is 9.98. The van der Waals surface area contributed by atoms with Gasteiger partial charge in [0.05, 0.1) is 17.8 Å². The summed E-state index contributed by atoms with van der Waals surface area (Å²) >= 11 is 0. The molecule has 1 aromatic carbocycles. The van der Waals surface area contributed by atoms with E-state index in [1.807, 2.05) is 48.2 Å². The third kappa shape index (κ3) is 3.25. The highest BCUT2D eigenvalue weighted by molar-refractivity contribution is 6.01. The first-order valence-electron chi connectivity index (χ1n) is 9.33. The van der Waals surface area contributed by atoms with E-state index >= 15 is 0 Å². The predicted molar refractivity (Wildman–Crippen MR) is 103 cm³/mol. The highest BCUT2D eigenvalue weighted by atomic mass is 16.4. The molecule has 1 amide bonds. The number of carbonyl (C=O) groups is 1. The molecule has 138 valence electrons. The van der Waals surface area contributed by atoms with Crippen molar-refractivity contribution in [2.24, 2.45) is 0 Å². The van der Waals surface area contributed by atoms with Gasteiger partial charge in [-0.05, 0) is 24.1 Å². The summed E-state index contributed by atoms with van der Waals surface area (Å²) in [5.41, 5.74) is 4.23. The minimum Gasteiger partial charge on any atom is -0.445 e. The van der Waals surface area contributed by atoms with Gasteiger partial charge >= 0.3 is 0 Å². The zero-order valence-corrected chi connectivity index (χ0v) is 15.9. The van der Waals surface area contributed by atoms with Gasteiger partial charge < -0.3 is 9.32 Å². The van der Waals surface area contributed by atoms with E-state index in [1.165, 1.54) is 0 Å². The van der Waals surface area contributed by atoms with Crippen molar-refractivity contribution in [1.29, 1.82) is 0 Å². The van der Waals surface area contributed by atoms with Crippen LogP contribution in [0.5, 0.6) is 0 Å². The molecule has 27 heavy (non-hydrogen) atoms. The molecule has 5 heteroatoms. The standard InChI is InChI=1S/C22H23N3O2/c1-14(2)21-24-18-13-25(12-10-19(18)27-21)22(26)20-15(3)23-11-9-17(20)16-7-5-4-6-8-16/h4-9,11,14H,10,12-13H2,1-3H3. The van der Waals surface area contributed by atoms with Crippen LogP contribution in [0.4, 0.5) is 0 Å². The molecule has 1 aliphatic heterocycles. The van der Waals surface area contributed by atoms with Gasteiger partial charge in [0.25, 0.3) is 5.91 Å². The Labute approximate surface area is 159 Å². The zero-order valence-electron chi connectivity index (χ0n) is 15.9. The number of nitrogens with zero attached hydrogens (tertiary/aromatic N) is 3. The first kappa shape index (κ1) is 17.5. The van der Waals surface area contributed by atoms with Crippen molar-refractivity contribution in [3.05, 3.63) is 71.2 Å². The van der Waals surface area contributed by atoms with E-state index in [4.69, 9.17) is 4.42 Å². The van der Waals surface area contributed by atoms with Gasteiger partial charge in [0.15, 0.2) is 5.89 Å². The molecule has 0 N–H and O–H groups in total. The number of oxazole rings is 1. The largest absolute Gasteiger partial charge is 0.445 e. The molecule has 0 atom stereocenters. The summed E-state index contributed by atoms with van der Waals surface area (Å²) in [6, 6.07) is 11.9. The Bertz CT molecular complexity index is 976. The Hall–Kier alpha value is -2.95. The van der Waals surface area contributed by atoms with Gasteiger partial charge in [0, 0.05) is 25.1 Å². The quantitative estimate of drug-likeness (QED) is 0.695. The van der Waals surface area contributed by atoms with E-state index in [9.17, 15) is 4.79 Å². The first-order valence-corrected chi connectivity index (χ1v) is 9.33. The van der Waals surface area contributed by atoms with Crippen LogP contribution in [-0.4, -0.2) is 27.3 Å². The summed E-state index contributed by atoms with van der Waals surface area (Å²) in [6.45, 7) is 7.12. The van der Waals surface area contributed by atoms with Gasteiger partial charge in [-0.2, -0.15) is 0 Å². The van der Waals surface area contributed by atoms with Crippen LogP contribution in [0.1, 0.15) is 53.2 Å². The van der Waals surface area contributed by atoms with E-state index in [1.54, 1.807) is 6.20 Å². The third-order valence-electron chi connectivity index (χ3n) is 4.96. The highest BCUT2D eigenvalue weighted by Crippen LogP contribution is 2.29. The number of hydrogen-bond donors (Lipinski definition) is 0. The van der Waals surface area contributed by atoms with Crippen molar-refractivity contribution in [3.63, 3.8) is 0 Å². The van der Waals surface area contributed by atoms with Gasteiger partial charge in [-0.1, -0.05) is 44.2 Å². The fourth-order valence-electron chi connectivity index (χ4n) is 3.49. The van der Waals surface area contributed by atoms with Crippen LogP contribution in [0, 0.1) is 6.92 Å². The highest BCUT2D eigenvalue weighted by Gasteiger charge is 2.29. The molecule has 0 unspecified atom stereocenters. The molecule has 0 radical (unpaired) electrons. The van der Waals surface area contributed by atoms with Gasteiger partial charge in [0.1, 0.15) is 11.5 Å². The normalized spacial score (nSPS) is 13.7. The van der Waals surface area contributed by atoms with E-state index < -0.39 is 0 Å². The molecule has 0 fully saturated rings.